The van der Waals surface area contributed by atoms with E-state index in [9.17, 15) is 9.59 Å². The fourth-order valence-electron chi connectivity index (χ4n) is 4.32. The van der Waals surface area contributed by atoms with Crippen LogP contribution >= 0.6 is 11.3 Å². The largest absolute Gasteiger partial charge is 0.355 e. The molecule has 2 aliphatic rings. The maximum absolute atomic E-state index is 12.6. The highest BCUT2D eigenvalue weighted by Gasteiger charge is 2.35. The van der Waals surface area contributed by atoms with Crippen molar-refractivity contribution in [3.63, 3.8) is 0 Å². The third-order valence-corrected chi connectivity index (χ3v) is 6.96. The molecular weight excluding hydrogens is 382 g/mol. The Morgan fingerprint density at radius 2 is 2.03 bits per heavy atom. The first kappa shape index (κ1) is 18.3. The van der Waals surface area contributed by atoms with E-state index in [0.29, 0.717) is 19.5 Å². The molecule has 0 saturated carbocycles. The molecule has 1 saturated heterocycles. The van der Waals surface area contributed by atoms with E-state index in [1.165, 1.54) is 22.2 Å². The van der Waals surface area contributed by atoms with E-state index in [4.69, 9.17) is 0 Å². The minimum absolute atomic E-state index is 0.0364. The first-order valence-electron chi connectivity index (χ1n) is 10.2. The number of carbonyl (C=O) groups excluding carboxylic acids is 2. The molecule has 3 aromatic rings. The lowest BCUT2D eigenvalue weighted by atomic mass is 10.1. The number of nitrogens with one attached hydrogen (secondary N) is 1. The number of nitrogens with zero attached hydrogens (tertiary/aromatic N) is 2. The number of hydrogen-bond acceptors (Lipinski definition) is 4. The lowest BCUT2D eigenvalue weighted by Gasteiger charge is -2.18. The van der Waals surface area contributed by atoms with Gasteiger partial charge in [0.2, 0.25) is 11.8 Å². The summed E-state index contributed by atoms with van der Waals surface area (Å²) >= 11 is 1.66. The van der Waals surface area contributed by atoms with Crippen molar-refractivity contribution < 1.29 is 9.59 Å². The average molecular weight is 406 g/mol. The minimum atomic E-state index is -0.286. The van der Waals surface area contributed by atoms with Crippen LogP contribution in [0.15, 0.2) is 42.5 Å². The quantitative estimate of drug-likeness (QED) is 0.707. The second kappa shape index (κ2) is 7.59. The van der Waals surface area contributed by atoms with Crippen LogP contribution in [0.3, 0.4) is 0 Å². The Hall–Kier alpha value is -2.73. The summed E-state index contributed by atoms with van der Waals surface area (Å²) < 4.78 is 1.17. The maximum atomic E-state index is 12.6. The number of para-hydroxylation sites is 1. The van der Waals surface area contributed by atoms with Crippen molar-refractivity contribution in [2.75, 3.05) is 18.0 Å². The fraction of sp³-hybridized carbons (Fsp3) is 0.348. The van der Waals surface area contributed by atoms with Crippen molar-refractivity contribution in [3.05, 3.63) is 58.6 Å². The molecule has 148 valence electrons. The zero-order valence-electron chi connectivity index (χ0n) is 16.2. The van der Waals surface area contributed by atoms with Gasteiger partial charge in [0.05, 0.1) is 21.1 Å². The highest BCUT2D eigenvalue weighted by Crippen LogP contribution is 2.30. The second-order valence-electron chi connectivity index (χ2n) is 7.83. The van der Waals surface area contributed by atoms with E-state index in [0.717, 1.165) is 29.1 Å². The van der Waals surface area contributed by atoms with Crippen molar-refractivity contribution in [2.45, 2.75) is 32.1 Å². The molecule has 1 aromatic heterocycles. The van der Waals surface area contributed by atoms with E-state index in [1.807, 2.05) is 24.3 Å². The number of aryl methyl sites for hydroxylation is 2. The van der Waals surface area contributed by atoms with E-state index < -0.39 is 0 Å². The Balaban J connectivity index is 1.18. The SMILES string of the molecule is O=C(NCCc1nc2ccccc2s1)C1CC(=O)N(c2ccc3c(c2)CCC3)C1. The Bertz CT molecular complexity index is 1060. The number of aromatic nitrogens is 1. The van der Waals surface area contributed by atoms with Gasteiger partial charge in [-0.1, -0.05) is 18.2 Å². The summed E-state index contributed by atoms with van der Waals surface area (Å²) in [6.07, 6.45) is 4.39. The molecule has 2 aromatic carbocycles. The van der Waals surface area contributed by atoms with Crippen LogP contribution in [0.25, 0.3) is 10.2 Å². The summed E-state index contributed by atoms with van der Waals surface area (Å²) in [6.45, 7) is 1.01. The molecule has 5 rings (SSSR count). The first-order chi connectivity index (χ1) is 14.2. The Kier molecular flexibility index (Phi) is 4.79. The summed E-state index contributed by atoms with van der Waals surface area (Å²) in [4.78, 5) is 31.5. The number of anilines is 1. The van der Waals surface area contributed by atoms with Crippen LogP contribution in [0.4, 0.5) is 5.69 Å². The number of carbonyl (C=O) groups is 2. The van der Waals surface area contributed by atoms with E-state index >= 15 is 0 Å². The van der Waals surface area contributed by atoms with Crippen LogP contribution < -0.4 is 10.2 Å². The molecule has 2 amide bonds. The maximum Gasteiger partial charge on any atom is 0.227 e. The number of hydrogen-bond donors (Lipinski definition) is 1. The predicted octanol–water partition coefficient (Wildman–Crippen LogP) is 3.50. The summed E-state index contributed by atoms with van der Waals surface area (Å²) in [6, 6.07) is 14.4. The van der Waals surface area contributed by atoms with Crippen molar-refractivity contribution >= 4 is 39.1 Å². The van der Waals surface area contributed by atoms with Gasteiger partial charge in [0.15, 0.2) is 0 Å². The Morgan fingerprint density at radius 3 is 2.93 bits per heavy atom. The van der Waals surface area contributed by atoms with Crippen LogP contribution in [0.1, 0.15) is 29.0 Å². The van der Waals surface area contributed by atoms with Gasteiger partial charge in [-0.3, -0.25) is 9.59 Å². The van der Waals surface area contributed by atoms with Gasteiger partial charge < -0.3 is 10.2 Å². The van der Waals surface area contributed by atoms with Gasteiger partial charge in [0, 0.05) is 31.6 Å². The molecule has 0 radical (unpaired) electrons. The van der Waals surface area contributed by atoms with Crippen LogP contribution in [-0.4, -0.2) is 29.9 Å². The van der Waals surface area contributed by atoms with Crippen molar-refractivity contribution in [3.8, 4) is 0 Å². The number of thiazole rings is 1. The van der Waals surface area contributed by atoms with Gasteiger partial charge >= 0.3 is 0 Å². The van der Waals surface area contributed by atoms with E-state index in [2.05, 4.69) is 28.5 Å². The van der Waals surface area contributed by atoms with Crippen molar-refractivity contribution in [1.82, 2.24) is 10.3 Å². The summed E-state index contributed by atoms with van der Waals surface area (Å²) in [7, 11) is 0. The molecule has 0 spiro atoms. The standard InChI is InChI=1S/C23H23N3O2S/c27-22-13-17(14-26(22)18-9-8-15-4-3-5-16(15)12-18)23(28)24-11-10-21-25-19-6-1-2-7-20(19)29-21/h1-2,6-9,12,17H,3-5,10-11,13-14H2,(H,24,28). The van der Waals surface area contributed by atoms with Crippen LogP contribution in [0.2, 0.25) is 0 Å². The number of amides is 2. The van der Waals surface area contributed by atoms with Gasteiger partial charge in [-0.05, 0) is 54.7 Å². The fourth-order valence-corrected chi connectivity index (χ4v) is 5.29. The molecule has 1 atom stereocenters. The topological polar surface area (TPSA) is 62.3 Å². The summed E-state index contributed by atoms with van der Waals surface area (Å²) in [5.41, 5.74) is 4.68. The molecule has 1 unspecified atom stereocenters. The molecule has 1 aliphatic heterocycles. The lowest BCUT2D eigenvalue weighted by Crippen LogP contribution is -2.34. The molecule has 6 heteroatoms. The molecule has 2 heterocycles. The first-order valence-corrected chi connectivity index (χ1v) is 11.0. The van der Waals surface area contributed by atoms with Gasteiger partial charge in [0.1, 0.15) is 0 Å². The monoisotopic (exact) mass is 405 g/mol. The zero-order chi connectivity index (χ0) is 19.8. The third-order valence-electron chi connectivity index (χ3n) is 5.87. The molecule has 1 fully saturated rings. The van der Waals surface area contributed by atoms with Gasteiger partial charge in [-0.2, -0.15) is 0 Å². The highest BCUT2D eigenvalue weighted by atomic mass is 32.1. The number of fused-ring (bicyclic) bond motifs is 2. The summed E-state index contributed by atoms with van der Waals surface area (Å²) in [5, 5.41) is 4.02. The van der Waals surface area contributed by atoms with Crippen molar-refractivity contribution in [1.29, 1.82) is 0 Å². The van der Waals surface area contributed by atoms with Gasteiger partial charge in [0.25, 0.3) is 0 Å². The zero-order valence-corrected chi connectivity index (χ0v) is 17.0. The predicted molar refractivity (Wildman–Crippen MR) is 115 cm³/mol. The second-order valence-corrected chi connectivity index (χ2v) is 8.94. The number of rotatable bonds is 5. The molecule has 1 N–H and O–H groups in total. The van der Waals surface area contributed by atoms with E-state index in [-0.39, 0.29) is 24.2 Å². The number of benzene rings is 2. The van der Waals surface area contributed by atoms with Crippen LogP contribution in [-0.2, 0) is 28.9 Å². The van der Waals surface area contributed by atoms with Crippen LogP contribution in [0, 0.1) is 5.92 Å². The highest BCUT2D eigenvalue weighted by molar-refractivity contribution is 7.18. The average Bonchev–Trinajstić information content (AvgIpc) is 3.44. The van der Waals surface area contributed by atoms with Gasteiger partial charge in [-0.25, -0.2) is 4.98 Å². The Labute approximate surface area is 173 Å². The normalized spacial score (nSPS) is 18.4. The van der Waals surface area contributed by atoms with Crippen LogP contribution in [0.5, 0.6) is 0 Å². The Morgan fingerprint density at radius 1 is 1.17 bits per heavy atom. The van der Waals surface area contributed by atoms with Gasteiger partial charge in [-0.15, -0.1) is 11.3 Å². The van der Waals surface area contributed by atoms with Crippen molar-refractivity contribution in [2.24, 2.45) is 5.92 Å². The molecule has 0 bridgehead atoms. The molecule has 5 nitrogen and oxygen atoms in total. The molecule has 29 heavy (non-hydrogen) atoms. The third kappa shape index (κ3) is 3.65. The lowest BCUT2D eigenvalue weighted by molar-refractivity contribution is -0.126. The summed E-state index contributed by atoms with van der Waals surface area (Å²) in [5.74, 6) is -0.288. The molecule has 1 aliphatic carbocycles. The smallest absolute Gasteiger partial charge is 0.227 e. The molecular formula is C23H23N3O2S. The minimum Gasteiger partial charge on any atom is -0.355 e. The van der Waals surface area contributed by atoms with E-state index in [1.54, 1.807) is 16.2 Å².